The molecule has 0 bridgehead atoms. The summed E-state index contributed by atoms with van der Waals surface area (Å²) >= 11 is 5.98. The number of aromatic nitrogens is 2. The van der Waals surface area contributed by atoms with Gasteiger partial charge in [0.25, 0.3) is 0 Å². The van der Waals surface area contributed by atoms with Crippen LogP contribution in [-0.4, -0.2) is 29.1 Å². The lowest BCUT2D eigenvalue weighted by Crippen LogP contribution is -2.23. The first-order valence-electron chi connectivity index (χ1n) is 8.61. The zero-order valence-corrected chi connectivity index (χ0v) is 15.0. The first-order chi connectivity index (χ1) is 12.1. The van der Waals surface area contributed by atoms with Crippen LogP contribution in [0.3, 0.4) is 0 Å². The van der Waals surface area contributed by atoms with Gasteiger partial charge in [0.15, 0.2) is 0 Å². The van der Waals surface area contributed by atoms with E-state index in [9.17, 15) is 4.39 Å². The zero-order valence-electron chi connectivity index (χ0n) is 14.3. The summed E-state index contributed by atoms with van der Waals surface area (Å²) in [5, 5.41) is 10.2. The van der Waals surface area contributed by atoms with E-state index in [1.54, 1.807) is 12.3 Å². The minimum absolute atomic E-state index is 0.208. The van der Waals surface area contributed by atoms with Gasteiger partial charge in [0, 0.05) is 24.3 Å². The molecule has 0 radical (unpaired) electrons. The predicted molar refractivity (Wildman–Crippen MR) is 99.6 cm³/mol. The SMILES string of the molecule is Cc1cccc(F)c1NCc1cnc(Cl)nc1N[C@@H]1CCCNCC1. The van der Waals surface area contributed by atoms with Crippen LogP contribution < -0.4 is 16.0 Å². The summed E-state index contributed by atoms with van der Waals surface area (Å²) in [6, 6.07) is 5.37. The van der Waals surface area contributed by atoms with Gasteiger partial charge < -0.3 is 16.0 Å². The molecule has 1 fully saturated rings. The maximum Gasteiger partial charge on any atom is 0.224 e. The van der Waals surface area contributed by atoms with Crippen molar-refractivity contribution >= 4 is 23.1 Å². The van der Waals surface area contributed by atoms with E-state index in [0.29, 0.717) is 24.1 Å². The molecule has 5 nitrogen and oxygen atoms in total. The van der Waals surface area contributed by atoms with Gasteiger partial charge in [-0.05, 0) is 62.5 Å². The molecule has 25 heavy (non-hydrogen) atoms. The molecule has 0 aliphatic carbocycles. The van der Waals surface area contributed by atoms with Crippen molar-refractivity contribution in [3.05, 3.63) is 46.6 Å². The number of para-hydroxylation sites is 1. The third-order valence-corrected chi connectivity index (χ3v) is 4.61. The van der Waals surface area contributed by atoms with E-state index in [1.807, 2.05) is 13.0 Å². The molecule has 0 spiro atoms. The zero-order chi connectivity index (χ0) is 17.6. The third kappa shape index (κ3) is 4.80. The minimum atomic E-state index is -0.265. The van der Waals surface area contributed by atoms with Crippen molar-refractivity contribution < 1.29 is 4.39 Å². The highest BCUT2D eigenvalue weighted by Crippen LogP contribution is 2.23. The predicted octanol–water partition coefficient (Wildman–Crippen LogP) is 3.74. The molecule has 0 unspecified atom stereocenters. The van der Waals surface area contributed by atoms with Crippen LogP contribution in [0.15, 0.2) is 24.4 Å². The van der Waals surface area contributed by atoms with Crippen LogP contribution >= 0.6 is 11.6 Å². The van der Waals surface area contributed by atoms with E-state index in [1.165, 1.54) is 6.07 Å². The average molecular weight is 364 g/mol. The molecule has 1 aliphatic heterocycles. The van der Waals surface area contributed by atoms with Crippen molar-refractivity contribution in [2.45, 2.75) is 38.8 Å². The van der Waals surface area contributed by atoms with Crippen LogP contribution in [0.2, 0.25) is 5.28 Å². The van der Waals surface area contributed by atoms with Gasteiger partial charge in [0.1, 0.15) is 11.6 Å². The van der Waals surface area contributed by atoms with Crippen LogP contribution in [0.1, 0.15) is 30.4 Å². The second kappa shape index (κ2) is 8.45. The Morgan fingerprint density at radius 3 is 3.04 bits per heavy atom. The van der Waals surface area contributed by atoms with Gasteiger partial charge in [0.05, 0.1) is 5.69 Å². The van der Waals surface area contributed by atoms with Crippen LogP contribution in [-0.2, 0) is 6.54 Å². The molecule has 3 N–H and O–H groups in total. The molecule has 1 atom stereocenters. The van der Waals surface area contributed by atoms with Gasteiger partial charge in [-0.15, -0.1) is 0 Å². The molecule has 134 valence electrons. The van der Waals surface area contributed by atoms with Gasteiger partial charge >= 0.3 is 0 Å². The van der Waals surface area contributed by atoms with Gasteiger partial charge in [0.2, 0.25) is 5.28 Å². The standard InChI is InChI=1S/C18H23ClFN5/c1-12-4-2-6-15(20)16(12)22-10-13-11-23-18(19)25-17(13)24-14-5-3-8-21-9-7-14/h2,4,6,11,14,21-22H,3,5,7-10H2,1H3,(H,23,24,25)/t14-/m1/s1. The Bertz CT molecular complexity index is 696. The van der Waals surface area contributed by atoms with E-state index >= 15 is 0 Å². The molecule has 2 aromatic rings. The number of rotatable bonds is 5. The Balaban J connectivity index is 1.74. The van der Waals surface area contributed by atoms with E-state index in [4.69, 9.17) is 11.6 Å². The molecular formula is C18H23ClFN5. The van der Waals surface area contributed by atoms with E-state index in [-0.39, 0.29) is 11.1 Å². The second-order valence-electron chi connectivity index (χ2n) is 6.32. The summed E-state index contributed by atoms with van der Waals surface area (Å²) in [7, 11) is 0. The Morgan fingerprint density at radius 1 is 1.32 bits per heavy atom. The fraction of sp³-hybridized carbons (Fsp3) is 0.444. The topological polar surface area (TPSA) is 61.9 Å². The molecule has 0 amide bonds. The molecule has 3 rings (SSSR count). The Morgan fingerprint density at radius 2 is 2.20 bits per heavy atom. The Kier molecular flexibility index (Phi) is 6.04. The van der Waals surface area contributed by atoms with E-state index in [2.05, 4.69) is 25.9 Å². The smallest absolute Gasteiger partial charge is 0.224 e. The van der Waals surface area contributed by atoms with Gasteiger partial charge in [-0.25, -0.2) is 14.4 Å². The average Bonchev–Trinajstić information content (AvgIpc) is 2.85. The maximum atomic E-state index is 14.0. The van der Waals surface area contributed by atoms with Crippen molar-refractivity contribution in [1.29, 1.82) is 0 Å². The summed E-state index contributed by atoms with van der Waals surface area (Å²) in [6.07, 6.45) is 4.92. The first-order valence-corrected chi connectivity index (χ1v) is 8.99. The monoisotopic (exact) mass is 363 g/mol. The lowest BCUT2D eigenvalue weighted by molar-refractivity contribution is 0.628. The molecule has 1 aliphatic rings. The second-order valence-corrected chi connectivity index (χ2v) is 6.66. The highest BCUT2D eigenvalue weighted by atomic mass is 35.5. The number of nitrogens with one attached hydrogen (secondary N) is 3. The number of hydrogen-bond acceptors (Lipinski definition) is 5. The minimum Gasteiger partial charge on any atom is -0.378 e. The van der Waals surface area contributed by atoms with Crippen molar-refractivity contribution in [1.82, 2.24) is 15.3 Å². The van der Waals surface area contributed by atoms with Crippen LogP contribution in [0.4, 0.5) is 15.9 Å². The van der Waals surface area contributed by atoms with Crippen LogP contribution in [0.25, 0.3) is 0 Å². The quantitative estimate of drug-likeness (QED) is 0.706. The molecule has 1 aromatic carbocycles. The molecule has 2 heterocycles. The van der Waals surface area contributed by atoms with Crippen LogP contribution in [0.5, 0.6) is 0 Å². The van der Waals surface area contributed by atoms with Crippen molar-refractivity contribution in [2.75, 3.05) is 23.7 Å². The summed E-state index contributed by atoms with van der Waals surface area (Å²) < 4.78 is 14.0. The lowest BCUT2D eigenvalue weighted by atomic mass is 10.1. The summed E-state index contributed by atoms with van der Waals surface area (Å²) in [5.41, 5.74) is 2.23. The molecular weight excluding hydrogens is 341 g/mol. The number of anilines is 2. The van der Waals surface area contributed by atoms with Gasteiger partial charge in [-0.3, -0.25) is 0 Å². The number of halogens is 2. The maximum absolute atomic E-state index is 14.0. The molecule has 0 saturated carbocycles. The van der Waals surface area contributed by atoms with E-state index < -0.39 is 0 Å². The molecule has 7 heteroatoms. The molecule has 1 aromatic heterocycles. The van der Waals surface area contributed by atoms with Crippen molar-refractivity contribution in [2.24, 2.45) is 0 Å². The highest BCUT2D eigenvalue weighted by Gasteiger charge is 2.15. The summed E-state index contributed by atoms with van der Waals surface area (Å²) in [6.45, 7) is 4.33. The van der Waals surface area contributed by atoms with Gasteiger partial charge in [-0.2, -0.15) is 0 Å². The van der Waals surface area contributed by atoms with Crippen LogP contribution in [0, 0.1) is 12.7 Å². The lowest BCUT2D eigenvalue weighted by Gasteiger charge is -2.19. The summed E-state index contributed by atoms with van der Waals surface area (Å²) in [4.78, 5) is 8.42. The fourth-order valence-corrected chi connectivity index (χ4v) is 3.17. The van der Waals surface area contributed by atoms with Gasteiger partial charge in [-0.1, -0.05) is 12.1 Å². The third-order valence-electron chi connectivity index (χ3n) is 4.43. The largest absolute Gasteiger partial charge is 0.378 e. The first kappa shape index (κ1) is 17.9. The summed E-state index contributed by atoms with van der Waals surface area (Å²) in [5.74, 6) is 0.452. The Hall–Kier alpha value is -1.92. The highest BCUT2D eigenvalue weighted by molar-refractivity contribution is 6.28. The van der Waals surface area contributed by atoms with Crippen molar-refractivity contribution in [3.63, 3.8) is 0 Å². The molecule has 1 saturated heterocycles. The number of hydrogen-bond donors (Lipinski definition) is 3. The van der Waals surface area contributed by atoms with E-state index in [0.717, 1.165) is 43.5 Å². The number of benzene rings is 1. The Labute approximate surface area is 152 Å². The number of aryl methyl sites for hydroxylation is 1. The van der Waals surface area contributed by atoms with Crippen molar-refractivity contribution in [3.8, 4) is 0 Å². The normalized spacial score (nSPS) is 17.8. The fourth-order valence-electron chi connectivity index (χ4n) is 3.04. The number of nitrogens with zero attached hydrogens (tertiary/aromatic N) is 2.